The number of halogens is 1. The second kappa shape index (κ2) is 6.04. The standard InChI is InChI=1S/C17H24BFN2O3/c1-16(2)17(3,4)24-18(23-16)13-11-12(7-8-14(13)19)20-15(22)21-9-5-6-10-21/h7-8,11H,5-6,9-10H2,1-4H3,(H,20,22). The van der Waals surface area contributed by atoms with Crippen molar-refractivity contribution in [2.24, 2.45) is 0 Å². The van der Waals surface area contributed by atoms with E-state index in [0.29, 0.717) is 11.2 Å². The van der Waals surface area contributed by atoms with Crippen molar-refractivity contribution in [2.45, 2.75) is 51.7 Å². The zero-order valence-electron chi connectivity index (χ0n) is 14.7. The Morgan fingerprint density at radius 2 is 1.75 bits per heavy atom. The Kier molecular flexibility index (Phi) is 4.34. The zero-order valence-corrected chi connectivity index (χ0v) is 14.7. The van der Waals surface area contributed by atoms with Gasteiger partial charge in [-0.25, -0.2) is 9.18 Å². The van der Waals surface area contributed by atoms with Gasteiger partial charge in [-0.05, 0) is 58.7 Å². The van der Waals surface area contributed by atoms with Crippen LogP contribution in [-0.4, -0.2) is 42.3 Å². The average molecular weight is 334 g/mol. The number of carbonyl (C=O) groups is 1. The van der Waals surface area contributed by atoms with Gasteiger partial charge in [-0.3, -0.25) is 0 Å². The first-order valence-corrected chi connectivity index (χ1v) is 8.41. The molecule has 2 saturated heterocycles. The van der Waals surface area contributed by atoms with Gasteiger partial charge in [0, 0.05) is 24.2 Å². The first-order chi connectivity index (χ1) is 11.2. The summed E-state index contributed by atoms with van der Waals surface area (Å²) in [5.41, 5.74) is -0.247. The minimum Gasteiger partial charge on any atom is -0.399 e. The van der Waals surface area contributed by atoms with Crippen molar-refractivity contribution in [3.63, 3.8) is 0 Å². The molecule has 1 aromatic carbocycles. The van der Waals surface area contributed by atoms with Crippen LogP contribution in [0.1, 0.15) is 40.5 Å². The number of benzene rings is 1. The third kappa shape index (κ3) is 3.15. The summed E-state index contributed by atoms with van der Waals surface area (Å²) in [6.07, 6.45) is 2.05. The third-order valence-corrected chi connectivity index (χ3v) is 5.15. The van der Waals surface area contributed by atoms with E-state index in [2.05, 4.69) is 5.32 Å². The highest BCUT2D eigenvalue weighted by molar-refractivity contribution is 6.62. The Hall–Kier alpha value is -1.60. The topological polar surface area (TPSA) is 50.8 Å². The molecule has 2 fully saturated rings. The van der Waals surface area contributed by atoms with Crippen molar-refractivity contribution in [3.8, 4) is 0 Å². The largest absolute Gasteiger partial charge is 0.497 e. The third-order valence-electron chi connectivity index (χ3n) is 5.15. The molecule has 0 unspecified atom stereocenters. The number of likely N-dealkylation sites (tertiary alicyclic amines) is 1. The van der Waals surface area contributed by atoms with Crippen molar-refractivity contribution in [2.75, 3.05) is 18.4 Å². The van der Waals surface area contributed by atoms with E-state index in [1.165, 1.54) is 6.07 Å². The van der Waals surface area contributed by atoms with E-state index >= 15 is 0 Å². The van der Waals surface area contributed by atoms with Crippen LogP contribution in [0.5, 0.6) is 0 Å². The summed E-state index contributed by atoms with van der Waals surface area (Å²) in [7, 11) is -0.793. The molecule has 2 amide bonds. The number of nitrogens with one attached hydrogen (secondary N) is 1. The molecule has 5 nitrogen and oxygen atoms in total. The average Bonchev–Trinajstić information content (AvgIpc) is 3.08. The quantitative estimate of drug-likeness (QED) is 0.846. The molecule has 7 heteroatoms. The number of hydrogen-bond acceptors (Lipinski definition) is 3. The van der Waals surface area contributed by atoms with Gasteiger partial charge in [0.05, 0.1) is 11.2 Å². The summed E-state index contributed by atoms with van der Waals surface area (Å²) < 4.78 is 26.1. The van der Waals surface area contributed by atoms with Crippen molar-refractivity contribution < 1.29 is 18.5 Å². The normalized spacial score (nSPS) is 22.0. The minimum absolute atomic E-state index is 0.154. The van der Waals surface area contributed by atoms with E-state index < -0.39 is 24.1 Å². The number of hydrogen-bond donors (Lipinski definition) is 1. The second-order valence-corrected chi connectivity index (χ2v) is 7.45. The molecule has 0 bridgehead atoms. The Labute approximate surface area is 142 Å². The number of nitrogens with zero attached hydrogens (tertiary/aromatic N) is 1. The van der Waals surface area contributed by atoms with Crippen LogP contribution in [0, 0.1) is 5.82 Å². The Morgan fingerprint density at radius 1 is 1.17 bits per heavy atom. The van der Waals surface area contributed by atoms with E-state index in [4.69, 9.17) is 9.31 Å². The fourth-order valence-corrected chi connectivity index (χ4v) is 2.89. The monoisotopic (exact) mass is 334 g/mol. The lowest BCUT2D eigenvalue weighted by Gasteiger charge is -2.32. The van der Waals surface area contributed by atoms with E-state index in [1.807, 2.05) is 27.7 Å². The molecule has 1 aromatic rings. The van der Waals surface area contributed by atoms with Gasteiger partial charge in [0.2, 0.25) is 0 Å². The molecule has 0 radical (unpaired) electrons. The number of carbonyl (C=O) groups excluding carboxylic acids is 1. The highest BCUT2D eigenvalue weighted by atomic mass is 19.1. The van der Waals surface area contributed by atoms with Crippen LogP contribution < -0.4 is 10.8 Å². The van der Waals surface area contributed by atoms with Gasteiger partial charge >= 0.3 is 13.1 Å². The summed E-state index contributed by atoms with van der Waals surface area (Å²) in [5, 5.41) is 2.83. The van der Waals surface area contributed by atoms with Gasteiger partial charge in [-0.2, -0.15) is 0 Å². The molecular formula is C17H24BFN2O3. The van der Waals surface area contributed by atoms with Gasteiger partial charge in [0.25, 0.3) is 0 Å². The fraction of sp³-hybridized carbons (Fsp3) is 0.588. The molecule has 3 rings (SSSR count). The lowest BCUT2D eigenvalue weighted by molar-refractivity contribution is 0.00578. The molecular weight excluding hydrogens is 310 g/mol. The number of rotatable bonds is 2. The Morgan fingerprint density at radius 3 is 2.33 bits per heavy atom. The van der Waals surface area contributed by atoms with Crippen LogP contribution in [0.3, 0.4) is 0 Å². The van der Waals surface area contributed by atoms with Crippen LogP contribution in [0.4, 0.5) is 14.9 Å². The molecule has 1 N–H and O–H groups in total. The van der Waals surface area contributed by atoms with Gasteiger partial charge < -0.3 is 19.5 Å². The van der Waals surface area contributed by atoms with Crippen LogP contribution in [0.2, 0.25) is 0 Å². The molecule has 0 aliphatic carbocycles. The molecule has 0 atom stereocenters. The molecule has 2 aliphatic heterocycles. The summed E-state index contributed by atoms with van der Waals surface area (Å²) in [6, 6.07) is 4.32. The smallest absolute Gasteiger partial charge is 0.399 e. The van der Waals surface area contributed by atoms with Crippen molar-refractivity contribution >= 4 is 24.3 Å². The van der Waals surface area contributed by atoms with Crippen LogP contribution >= 0.6 is 0 Å². The highest BCUT2D eigenvalue weighted by Crippen LogP contribution is 2.36. The summed E-state index contributed by atoms with van der Waals surface area (Å²) >= 11 is 0. The Balaban J connectivity index is 1.78. The summed E-state index contributed by atoms with van der Waals surface area (Å²) in [6.45, 7) is 9.20. The van der Waals surface area contributed by atoms with E-state index in [1.54, 1.807) is 17.0 Å². The molecule has 0 spiro atoms. The predicted molar refractivity (Wildman–Crippen MR) is 91.9 cm³/mol. The van der Waals surface area contributed by atoms with E-state index in [0.717, 1.165) is 25.9 Å². The maximum atomic E-state index is 14.3. The summed E-state index contributed by atoms with van der Waals surface area (Å²) in [4.78, 5) is 14.0. The van der Waals surface area contributed by atoms with Crippen LogP contribution in [0.15, 0.2) is 18.2 Å². The molecule has 24 heavy (non-hydrogen) atoms. The van der Waals surface area contributed by atoms with Crippen molar-refractivity contribution in [3.05, 3.63) is 24.0 Å². The first-order valence-electron chi connectivity index (χ1n) is 8.41. The van der Waals surface area contributed by atoms with Crippen LogP contribution in [0.25, 0.3) is 0 Å². The fourth-order valence-electron chi connectivity index (χ4n) is 2.89. The maximum Gasteiger partial charge on any atom is 0.497 e. The molecule has 2 heterocycles. The number of amides is 2. The van der Waals surface area contributed by atoms with Crippen LogP contribution in [-0.2, 0) is 9.31 Å². The number of urea groups is 1. The van der Waals surface area contributed by atoms with Gasteiger partial charge in [-0.15, -0.1) is 0 Å². The van der Waals surface area contributed by atoms with Gasteiger partial charge in [0.1, 0.15) is 5.82 Å². The van der Waals surface area contributed by atoms with E-state index in [-0.39, 0.29) is 6.03 Å². The molecule has 2 aliphatic rings. The molecule has 0 aromatic heterocycles. The minimum atomic E-state index is -0.793. The highest BCUT2D eigenvalue weighted by Gasteiger charge is 2.52. The lowest BCUT2D eigenvalue weighted by atomic mass is 9.78. The van der Waals surface area contributed by atoms with Crippen molar-refractivity contribution in [1.82, 2.24) is 4.90 Å². The van der Waals surface area contributed by atoms with Crippen molar-refractivity contribution in [1.29, 1.82) is 0 Å². The number of anilines is 1. The summed E-state index contributed by atoms with van der Waals surface area (Å²) in [5.74, 6) is -0.410. The zero-order chi connectivity index (χ0) is 17.5. The van der Waals surface area contributed by atoms with Gasteiger partial charge in [0.15, 0.2) is 0 Å². The maximum absolute atomic E-state index is 14.3. The molecule has 0 saturated carbocycles. The lowest BCUT2D eigenvalue weighted by Crippen LogP contribution is -2.41. The van der Waals surface area contributed by atoms with Gasteiger partial charge in [-0.1, -0.05) is 0 Å². The molecule has 130 valence electrons. The predicted octanol–water partition coefficient (Wildman–Crippen LogP) is 2.75. The first kappa shape index (κ1) is 17.2. The SMILES string of the molecule is CC1(C)OB(c2cc(NC(=O)N3CCCC3)ccc2F)OC1(C)C. The second-order valence-electron chi connectivity index (χ2n) is 7.45. The Bertz CT molecular complexity index is 629. The van der Waals surface area contributed by atoms with E-state index in [9.17, 15) is 9.18 Å².